The van der Waals surface area contributed by atoms with Gasteiger partial charge in [0.25, 0.3) is 0 Å². The van der Waals surface area contributed by atoms with Gasteiger partial charge in [-0.2, -0.15) is 0 Å². The van der Waals surface area contributed by atoms with Crippen LogP contribution in [0.4, 0.5) is 0 Å². The first-order valence-electron chi connectivity index (χ1n) is 5.50. The molecule has 1 aliphatic rings. The highest BCUT2D eigenvalue weighted by molar-refractivity contribution is 4.92. The Labute approximate surface area is 86.9 Å². The van der Waals surface area contributed by atoms with E-state index in [4.69, 9.17) is 15.2 Å². The van der Waals surface area contributed by atoms with Crippen LogP contribution < -0.4 is 5.73 Å². The van der Waals surface area contributed by atoms with E-state index in [0.717, 1.165) is 19.3 Å². The molecule has 1 fully saturated rings. The Morgan fingerprint density at radius 2 is 2.00 bits per heavy atom. The molecule has 2 N–H and O–H groups in total. The Bertz CT molecular complexity index is 161. The smallest absolute Gasteiger partial charge is 0.0694 e. The minimum absolute atomic E-state index is 0.0692. The molecular formula is C11H23NO2. The number of methoxy groups -OCH3 is 1. The summed E-state index contributed by atoms with van der Waals surface area (Å²) in [5, 5.41) is 0. The van der Waals surface area contributed by atoms with E-state index < -0.39 is 0 Å². The molecule has 0 saturated heterocycles. The third kappa shape index (κ3) is 3.23. The fourth-order valence-corrected chi connectivity index (χ4v) is 1.92. The predicted molar refractivity (Wildman–Crippen MR) is 57.3 cm³/mol. The van der Waals surface area contributed by atoms with Gasteiger partial charge in [0.15, 0.2) is 0 Å². The first kappa shape index (κ1) is 12.0. The summed E-state index contributed by atoms with van der Waals surface area (Å²) < 4.78 is 11.0. The lowest BCUT2D eigenvalue weighted by atomic mass is 9.76. The first-order valence-corrected chi connectivity index (χ1v) is 5.50. The molecule has 0 aromatic carbocycles. The van der Waals surface area contributed by atoms with E-state index in [1.165, 1.54) is 6.42 Å². The second kappa shape index (κ2) is 5.10. The first-order chi connectivity index (χ1) is 6.58. The summed E-state index contributed by atoms with van der Waals surface area (Å²) in [6.45, 7) is 4.70. The average Bonchev–Trinajstić information content (AvgIpc) is 2.08. The van der Waals surface area contributed by atoms with Crippen LogP contribution in [0.3, 0.4) is 0 Å². The van der Waals surface area contributed by atoms with Gasteiger partial charge in [-0.3, -0.25) is 0 Å². The maximum atomic E-state index is 5.99. The number of hydrogen-bond donors (Lipinski definition) is 1. The fourth-order valence-electron chi connectivity index (χ4n) is 1.92. The van der Waals surface area contributed by atoms with Crippen LogP contribution in [0.1, 0.15) is 39.5 Å². The Morgan fingerprint density at radius 1 is 1.36 bits per heavy atom. The van der Waals surface area contributed by atoms with Crippen LogP contribution in [0.25, 0.3) is 0 Å². The molecule has 1 atom stereocenters. The average molecular weight is 201 g/mol. The summed E-state index contributed by atoms with van der Waals surface area (Å²) in [5.74, 6) is 0. The van der Waals surface area contributed by atoms with E-state index in [-0.39, 0.29) is 17.7 Å². The standard InChI is InChI=1S/C11H23NO2/c1-9(2)14-8-10(12)7-11(13-3)5-4-6-11/h9-10H,4-8,12H2,1-3H3. The monoisotopic (exact) mass is 201 g/mol. The molecule has 0 heterocycles. The lowest BCUT2D eigenvalue weighted by Gasteiger charge is -2.42. The quantitative estimate of drug-likeness (QED) is 0.711. The second-order valence-electron chi connectivity index (χ2n) is 4.59. The summed E-state index contributed by atoms with van der Waals surface area (Å²) in [4.78, 5) is 0. The van der Waals surface area contributed by atoms with Crippen LogP contribution >= 0.6 is 0 Å². The van der Waals surface area contributed by atoms with Crippen LogP contribution in [-0.2, 0) is 9.47 Å². The molecule has 3 nitrogen and oxygen atoms in total. The van der Waals surface area contributed by atoms with Crippen molar-refractivity contribution in [3.63, 3.8) is 0 Å². The largest absolute Gasteiger partial charge is 0.378 e. The third-order valence-corrected chi connectivity index (χ3v) is 2.98. The molecule has 1 aliphatic carbocycles. The molecule has 0 amide bonds. The minimum atomic E-state index is 0.0692. The summed E-state index contributed by atoms with van der Waals surface area (Å²) in [5.41, 5.74) is 6.06. The van der Waals surface area contributed by atoms with Gasteiger partial charge in [0.1, 0.15) is 0 Å². The van der Waals surface area contributed by atoms with E-state index in [9.17, 15) is 0 Å². The molecule has 84 valence electrons. The number of rotatable bonds is 6. The molecule has 1 unspecified atom stereocenters. The van der Waals surface area contributed by atoms with Crippen molar-refractivity contribution in [2.24, 2.45) is 5.73 Å². The van der Waals surface area contributed by atoms with Crippen LogP contribution in [0, 0.1) is 0 Å². The molecule has 3 heteroatoms. The highest BCUT2D eigenvalue weighted by Crippen LogP contribution is 2.38. The second-order valence-corrected chi connectivity index (χ2v) is 4.59. The zero-order valence-corrected chi connectivity index (χ0v) is 9.58. The van der Waals surface area contributed by atoms with Gasteiger partial charge in [0.05, 0.1) is 18.3 Å². The number of ether oxygens (including phenoxy) is 2. The van der Waals surface area contributed by atoms with Crippen LogP contribution in [-0.4, -0.2) is 31.5 Å². The predicted octanol–water partition coefficient (Wildman–Crippen LogP) is 1.70. The van der Waals surface area contributed by atoms with Crippen molar-refractivity contribution in [3.05, 3.63) is 0 Å². The molecular weight excluding hydrogens is 178 g/mol. The highest BCUT2D eigenvalue weighted by atomic mass is 16.5. The van der Waals surface area contributed by atoms with E-state index in [1.54, 1.807) is 7.11 Å². The molecule has 0 spiro atoms. The Morgan fingerprint density at radius 3 is 2.36 bits per heavy atom. The molecule has 14 heavy (non-hydrogen) atoms. The molecule has 0 aromatic rings. The van der Waals surface area contributed by atoms with Gasteiger partial charge in [0.2, 0.25) is 0 Å². The van der Waals surface area contributed by atoms with E-state index in [0.29, 0.717) is 6.61 Å². The van der Waals surface area contributed by atoms with Gasteiger partial charge in [-0.25, -0.2) is 0 Å². The van der Waals surface area contributed by atoms with Crippen molar-refractivity contribution in [1.82, 2.24) is 0 Å². The maximum absolute atomic E-state index is 5.99. The van der Waals surface area contributed by atoms with Gasteiger partial charge in [0, 0.05) is 13.2 Å². The molecule has 1 saturated carbocycles. The lowest BCUT2D eigenvalue weighted by molar-refractivity contribution is -0.0869. The SMILES string of the molecule is COC1(CC(N)COC(C)C)CCC1. The van der Waals surface area contributed by atoms with Crippen molar-refractivity contribution in [1.29, 1.82) is 0 Å². The Hall–Kier alpha value is -0.120. The van der Waals surface area contributed by atoms with E-state index in [1.807, 2.05) is 13.8 Å². The lowest BCUT2D eigenvalue weighted by Crippen LogP contribution is -2.45. The van der Waals surface area contributed by atoms with Crippen LogP contribution in [0.5, 0.6) is 0 Å². The molecule has 0 bridgehead atoms. The van der Waals surface area contributed by atoms with Gasteiger partial charge in [-0.05, 0) is 39.5 Å². The molecule has 0 aliphatic heterocycles. The highest BCUT2D eigenvalue weighted by Gasteiger charge is 2.38. The normalized spacial score (nSPS) is 22.1. The van der Waals surface area contributed by atoms with Crippen molar-refractivity contribution in [2.45, 2.75) is 57.3 Å². The zero-order chi connectivity index (χ0) is 10.6. The molecule has 1 rings (SSSR count). The molecule has 0 radical (unpaired) electrons. The zero-order valence-electron chi connectivity index (χ0n) is 9.58. The third-order valence-electron chi connectivity index (χ3n) is 2.98. The Balaban J connectivity index is 2.21. The topological polar surface area (TPSA) is 44.5 Å². The summed E-state index contributed by atoms with van der Waals surface area (Å²) >= 11 is 0. The number of hydrogen-bond acceptors (Lipinski definition) is 3. The van der Waals surface area contributed by atoms with Gasteiger partial charge in [-0.15, -0.1) is 0 Å². The minimum Gasteiger partial charge on any atom is -0.378 e. The maximum Gasteiger partial charge on any atom is 0.0694 e. The van der Waals surface area contributed by atoms with Crippen LogP contribution in [0.15, 0.2) is 0 Å². The van der Waals surface area contributed by atoms with Crippen molar-refractivity contribution in [3.8, 4) is 0 Å². The van der Waals surface area contributed by atoms with Gasteiger partial charge >= 0.3 is 0 Å². The van der Waals surface area contributed by atoms with Gasteiger partial charge in [-0.1, -0.05) is 0 Å². The summed E-state index contributed by atoms with van der Waals surface area (Å²) in [7, 11) is 1.79. The Kier molecular flexibility index (Phi) is 4.35. The fraction of sp³-hybridized carbons (Fsp3) is 1.00. The summed E-state index contributed by atoms with van der Waals surface area (Å²) in [6.07, 6.45) is 4.76. The van der Waals surface area contributed by atoms with Crippen LogP contribution in [0.2, 0.25) is 0 Å². The van der Waals surface area contributed by atoms with E-state index in [2.05, 4.69) is 0 Å². The van der Waals surface area contributed by atoms with Crippen molar-refractivity contribution < 1.29 is 9.47 Å². The summed E-state index contributed by atoms with van der Waals surface area (Å²) in [6, 6.07) is 0.109. The molecule has 0 aromatic heterocycles. The van der Waals surface area contributed by atoms with E-state index >= 15 is 0 Å². The van der Waals surface area contributed by atoms with Crippen molar-refractivity contribution in [2.75, 3.05) is 13.7 Å². The van der Waals surface area contributed by atoms with Gasteiger partial charge < -0.3 is 15.2 Å². The van der Waals surface area contributed by atoms with Crippen molar-refractivity contribution >= 4 is 0 Å². The number of nitrogens with two attached hydrogens (primary N) is 1.